The van der Waals surface area contributed by atoms with Crippen molar-refractivity contribution in [3.05, 3.63) is 63.6 Å². The van der Waals surface area contributed by atoms with E-state index in [9.17, 15) is 4.79 Å². The molecule has 1 aromatic heterocycles. The van der Waals surface area contributed by atoms with Crippen LogP contribution in [0.25, 0.3) is 0 Å². The van der Waals surface area contributed by atoms with Crippen LogP contribution in [-0.2, 0) is 13.1 Å². The van der Waals surface area contributed by atoms with E-state index in [4.69, 9.17) is 4.74 Å². The number of benzene rings is 1. The Kier molecular flexibility index (Phi) is 4.58. The molecule has 1 aromatic carbocycles. The molecule has 0 saturated heterocycles. The van der Waals surface area contributed by atoms with Crippen LogP contribution in [0.3, 0.4) is 0 Å². The van der Waals surface area contributed by atoms with Gasteiger partial charge < -0.3 is 14.6 Å². The first-order valence-electron chi connectivity index (χ1n) is 6.61. The fourth-order valence-electron chi connectivity index (χ4n) is 2.19. The molecule has 2 aromatic rings. The predicted octanol–water partition coefficient (Wildman–Crippen LogP) is 1.93. The summed E-state index contributed by atoms with van der Waals surface area (Å²) in [5.74, 6) is 0.803. The van der Waals surface area contributed by atoms with Crippen LogP contribution in [0.5, 0.6) is 5.75 Å². The summed E-state index contributed by atoms with van der Waals surface area (Å²) in [6.45, 7) is 3.22. The van der Waals surface area contributed by atoms with Crippen LogP contribution in [0.2, 0.25) is 0 Å². The molecule has 106 valence electrons. The Morgan fingerprint density at radius 2 is 2.05 bits per heavy atom. The second-order valence-electron chi connectivity index (χ2n) is 4.85. The number of nitrogens with zero attached hydrogens (tertiary/aromatic N) is 1. The van der Waals surface area contributed by atoms with Gasteiger partial charge in [0.05, 0.1) is 13.7 Å². The molecule has 0 aliphatic carbocycles. The first kappa shape index (κ1) is 14.3. The van der Waals surface area contributed by atoms with Crippen molar-refractivity contribution >= 4 is 0 Å². The Morgan fingerprint density at radius 3 is 2.70 bits per heavy atom. The second kappa shape index (κ2) is 6.39. The molecule has 1 N–H and O–H groups in total. The highest BCUT2D eigenvalue weighted by Gasteiger charge is 2.06. The van der Waals surface area contributed by atoms with Crippen molar-refractivity contribution in [2.75, 3.05) is 14.2 Å². The lowest BCUT2D eigenvalue weighted by Crippen LogP contribution is -2.19. The molecule has 1 heterocycles. The molecule has 4 heteroatoms. The van der Waals surface area contributed by atoms with E-state index in [2.05, 4.69) is 11.4 Å². The molecule has 0 atom stereocenters. The molecule has 0 amide bonds. The lowest BCUT2D eigenvalue weighted by molar-refractivity contribution is 0.408. The van der Waals surface area contributed by atoms with Gasteiger partial charge in [-0.3, -0.25) is 4.79 Å². The van der Waals surface area contributed by atoms with Crippen LogP contribution in [0.1, 0.15) is 16.7 Å². The number of methoxy groups -OCH3 is 1. The summed E-state index contributed by atoms with van der Waals surface area (Å²) in [6.07, 6.45) is 1.82. The number of hydrogen-bond donors (Lipinski definition) is 1. The quantitative estimate of drug-likeness (QED) is 0.904. The smallest absolute Gasteiger partial charge is 0.251 e. The summed E-state index contributed by atoms with van der Waals surface area (Å²) in [6, 6.07) is 9.62. The average Bonchev–Trinajstić information content (AvgIpc) is 2.43. The van der Waals surface area contributed by atoms with Crippen molar-refractivity contribution in [2.24, 2.45) is 0 Å². The van der Waals surface area contributed by atoms with Crippen LogP contribution in [0.4, 0.5) is 0 Å². The van der Waals surface area contributed by atoms with Crippen molar-refractivity contribution in [1.29, 1.82) is 0 Å². The van der Waals surface area contributed by atoms with Crippen LogP contribution < -0.4 is 15.6 Å². The zero-order valence-electron chi connectivity index (χ0n) is 12.1. The molecule has 0 saturated carbocycles. The van der Waals surface area contributed by atoms with E-state index >= 15 is 0 Å². The zero-order chi connectivity index (χ0) is 14.5. The molecular formula is C16H20N2O2. The summed E-state index contributed by atoms with van der Waals surface area (Å²) in [7, 11) is 3.56. The second-order valence-corrected chi connectivity index (χ2v) is 4.85. The lowest BCUT2D eigenvalue weighted by atomic mass is 10.1. The fourth-order valence-corrected chi connectivity index (χ4v) is 2.19. The first-order valence-corrected chi connectivity index (χ1v) is 6.61. The molecule has 2 rings (SSSR count). The summed E-state index contributed by atoms with van der Waals surface area (Å²) in [4.78, 5) is 12.0. The molecule has 0 fully saturated rings. The maximum atomic E-state index is 12.0. The van der Waals surface area contributed by atoms with Gasteiger partial charge in [-0.05, 0) is 43.3 Å². The molecule has 0 aliphatic rings. The highest BCUT2D eigenvalue weighted by molar-refractivity contribution is 5.37. The lowest BCUT2D eigenvalue weighted by Gasteiger charge is -2.12. The third kappa shape index (κ3) is 3.27. The predicted molar refractivity (Wildman–Crippen MR) is 80.3 cm³/mol. The van der Waals surface area contributed by atoms with Gasteiger partial charge in [-0.15, -0.1) is 0 Å². The summed E-state index contributed by atoms with van der Waals surface area (Å²) in [5.41, 5.74) is 3.16. The molecule has 0 radical (unpaired) electrons. The third-order valence-corrected chi connectivity index (χ3v) is 3.22. The number of aryl methyl sites for hydroxylation is 1. The molecule has 0 unspecified atom stereocenters. The molecule has 0 bridgehead atoms. The van der Waals surface area contributed by atoms with Crippen molar-refractivity contribution in [1.82, 2.24) is 9.88 Å². The van der Waals surface area contributed by atoms with Gasteiger partial charge in [-0.25, -0.2) is 0 Å². The van der Waals surface area contributed by atoms with Gasteiger partial charge in [0.1, 0.15) is 5.75 Å². The van der Waals surface area contributed by atoms with Crippen LogP contribution in [-0.4, -0.2) is 18.7 Å². The van der Waals surface area contributed by atoms with Crippen molar-refractivity contribution in [3.8, 4) is 5.75 Å². The average molecular weight is 272 g/mol. The minimum atomic E-state index is 0.00562. The SMILES string of the molecule is CNCc1ccc(OC)c(Cn2ccc(C)cc2=O)c1. The molecular weight excluding hydrogens is 252 g/mol. The number of aromatic nitrogens is 1. The van der Waals surface area contributed by atoms with Crippen molar-refractivity contribution in [2.45, 2.75) is 20.0 Å². The number of ether oxygens (including phenoxy) is 1. The van der Waals surface area contributed by atoms with E-state index < -0.39 is 0 Å². The topological polar surface area (TPSA) is 43.3 Å². The van der Waals surface area contributed by atoms with Gasteiger partial charge in [-0.2, -0.15) is 0 Å². The van der Waals surface area contributed by atoms with Gasteiger partial charge in [0, 0.05) is 24.4 Å². The van der Waals surface area contributed by atoms with E-state index in [-0.39, 0.29) is 5.56 Å². The van der Waals surface area contributed by atoms with Gasteiger partial charge in [0.25, 0.3) is 5.56 Å². The molecule has 4 nitrogen and oxygen atoms in total. The van der Waals surface area contributed by atoms with Crippen LogP contribution >= 0.6 is 0 Å². The number of nitrogens with one attached hydrogen (secondary N) is 1. The third-order valence-electron chi connectivity index (χ3n) is 3.22. The standard InChI is InChI=1S/C16H20N2O2/c1-12-6-7-18(16(19)8-12)11-14-9-13(10-17-2)4-5-15(14)20-3/h4-9,17H,10-11H2,1-3H3. The highest BCUT2D eigenvalue weighted by atomic mass is 16.5. The molecule has 20 heavy (non-hydrogen) atoms. The van der Waals surface area contributed by atoms with Crippen LogP contribution in [0.15, 0.2) is 41.3 Å². The maximum absolute atomic E-state index is 12.0. The van der Waals surface area contributed by atoms with Crippen molar-refractivity contribution in [3.63, 3.8) is 0 Å². The number of hydrogen-bond acceptors (Lipinski definition) is 3. The highest BCUT2D eigenvalue weighted by Crippen LogP contribution is 2.20. The van der Waals surface area contributed by atoms with Gasteiger partial charge >= 0.3 is 0 Å². The summed E-state index contributed by atoms with van der Waals surface area (Å²) >= 11 is 0. The largest absolute Gasteiger partial charge is 0.496 e. The van der Waals surface area contributed by atoms with E-state index in [0.717, 1.165) is 23.4 Å². The van der Waals surface area contributed by atoms with E-state index in [1.165, 1.54) is 5.56 Å². The van der Waals surface area contributed by atoms with Gasteiger partial charge in [-0.1, -0.05) is 6.07 Å². The van der Waals surface area contributed by atoms with Gasteiger partial charge in [0.15, 0.2) is 0 Å². The Balaban J connectivity index is 2.35. The molecule has 0 aliphatic heterocycles. The Labute approximate surface area is 119 Å². The Bertz CT molecular complexity index is 647. The van der Waals surface area contributed by atoms with Gasteiger partial charge in [0.2, 0.25) is 0 Å². The zero-order valence-corrected chi connectivity index (χ0v) is 12.1. The van der Waals surface area contributed by atoms with Crippen molar-refractivity contribution < 1.29 is 4.74 Å². The summed E-state index contributed by atoms with van der Waals surface area (Å²) in [5, 5.41) is 3.12. The number of pyridine rings is 1. The summed E-state index contributed by atoms with van der Waals surface area (Å²) < 4.78 is 7.07. The Morgan fingerprint density at radius 1 is 1.25 bits per heavy atom. The fraction of sp³-hybridized carbons (Fsp3) is 0.312. The minimum absolute atomic E-state index is 0.00562. The number of rotatable bonds is 5. The molecule has 0 spiro atoms. The normalized spacial score (nSPS) is 10.6. The van der Waals surface area contributed by atoms with Crippen LogP contribution in [0, 0.1) is 6.92 Å². The van der Waals surface area contributed by atoms with E-state index in [0.29, 0.717) is 6.54 Å². The Hall–Kier alpha value is -2.07. The van der Waals surface area contributed by atoms with E-state index in [1.807, 2.05) is 38.4 Å². The minimum Gasteiger partial charge on any atom is -0.496 e. The maximum Gasteiger partial charge on any atom is 0.251 e. The van der Waals surface area contributed by atoms with E-state index in [1.54, 1.807) is 17.7 Å². The monoisotopic (exact) mass is 272 g/mol. The first-order chi connectivity index (χ1) is 9.63.